The van der Waals surface area contributed by atoms with Gasteiger partial charge in [0.15, 0.2) is 0 Å². The lowest BCUT2D eigenvalue weighted by Gasteiger charge is -2.25. The molecule has 4 nitrogen and oxygen atoms in total. The SMILES string of the molecule is CNc1cc(C)c(NNc2ccc(C(F)(F)F)cn2)cc1C(C)(C)C. The van der Waals surface area contributed by atoms with Crippen LogP contribution in [0.15, 0.2) is 30.5 Å². The Morgan fingerprint density at radius 2 is 1.64 bits per heavy atom. The number of aromatic nitrogens is 1. The van der Waals surface area contributed by atoms with Crippen molar-refractivity contribution in [2.75, 3.05) is 23.2 Å². The van der Waals surface area contributed by atoms with Gasteiger partial charge in [-0.05, 0) is 47.7 Å². The maximum Gasteiger partial charge on any atom is 0.417 e. The first kappa shape index (κ1) is 18.9. The third-order valence-corrected chi connectivity index (χ3v) is 3.86. The summed E-state index contributed by atoms with van der Waals surface area (Å²) in [5.74, 6) is 0.308. The largest absolute Gasteiger partial charge is 0.417 e. The van der Waals surface area contributed by atoms with Gasteiger partial charge in [0.25, 0.3) is 0 Å². The monoisotopic (exact) mass is 352 g/mol. The van der Waals surface area contributed by atoms with Crippen molar-refractivity contribution in [2.24, 2.45) is 0 Å². The molecule has 7 heteroatoms. The molecule has 136 valence electrons. The van der Waals surface area contributed by atoms with E-state index >= 15 is 0 Å². The first-order chi connectivity index (χ1) is 11.5. The number of hydrogen-bond acceptors (Lipinski definition) is 4. The van der Waals surface area contributed by atoms with E-state index in [2.05, 4.69) is 41.9 Å². The molecule has 1 heterocycles. The molecule has 2 rings (SSSR count). The van der Waals surface area contributed by atoms with Crippen molar-refractivity contribution in [1.82, 2.24) is 4.98 Å². The van der Waals surface area contributed by atoms with Crippen molar-refractivity contribution in [2.45, 2.75) is 39.3 Å². The molecule has 0 saturated heterocycles. The van der Waals surface area contributed by atoms with Gasteiger partial charge in [-0.25, -0.2) is 4.98 Å². The Morgan fingerprint density at radius 1 is 0.960 bits per heavy atom. The number of aryl methyl sites for hydroxylation is 1. The molecule has 0 unspecified atom stereocenters. The smallest absolute Gasteiger partial charge is 0.388 e. The second-order valence-corrected chi connectivity index (χ2v) is 6.89. The predicted octanol–water partition coefficient (Wildman–Crippen LogP) is 5.19. The highest BCUT2D eigenvalue weighted by atomic mass is 19.4. The van der Waals surface area contributed by atoms with Gasteiger partial charge < -0.3 is 5.32 Å². The summed E-state index contributed by atoms with van der Waals surface area (Å²) in [6.07, 6.45) is -3.58. The molecular weight excluding hydrogens is 329 g/mol. The molecule has 0 amide bonds. The normalized spacial score (nSPS) is 12.0. The molecule has 2 aromatic rings. The predicted molar refractivity (Wildman–Crippen MR) is 95.9 cm³/mol. The van der Waals surface area contributed by atoms with E-state index in [-0.39, 0.29) is 5.41 Å². The number of rotatable bonds is 4. The minimum absolute atomic E-state index is 0.0604. The van der Waals surface area contributed by atoms with Gasteiger partial charge in [-0.3, -0.25) is 10.9 Å². The van der Waals surface area contributed by atoms with Gasteiger partial charge in [0.05, 0.1) is 11.3 Å². The first-order valence-corrected chi connectivity index (χ1v) is 7.90. The lowest BCUT2D eigenvalue weighted by molar-refractivity contribution is -0.137. The van der Waals surface area contributed by atoms with Crippen LogP contribution in [-0.4, -0.2) is 12.0 Å². The highest BCUT2D eigenvalue weighted by Crippen LogP contribution is 2.34. The first-order valence-electron chi connectivity index (χ1n) is 7.90. The van der Waals surface area contributed by atoms with Crippen LogP contribution in [0.1, 0.15) is 37.5 Å². The average Bonchev–Trinajstić information content (AvgIpc) is 2.51. The Labute approximate surface area is 145 Å². The molecule has 0 aliphatic carbocycles. The Hall–Kier alpha value is -2.44. The number of nitrogens with one attached hydrogen (secondary N) is 3. The molecule has 0 radical (unpaired) electrons. The Morgan fingerprint density at radius 3 is 2.12 bits per heavy atom. The third-order valence-electron chi connectivity index (χ3n) is 3.86. The molecule has 0 spiro atoms. The topological polar surface area (TPSA) is 49.0 Å². The molecule has 0 bridgehead atoms. The van der Waals surface area contributed by atoms with Crippen LogP contribution < -0.4 is 16.2 Å². The highest BCUT2D eigenvalue weighted by molar-refractivity contribution is 5.66. The van der Waals surface area contributed by atoms with Crippen LogP contribution in [0.4, 0.5) is 30.4 Å². The van der Waals surface area contributed by atoms with Crippen LogP contribution >= 0.6 is 0 Å². The van der Waals surface area contributed by atoms with E-state index in [9.17, 15) is 13.2 Å². The number of hydrazine groups is 1. The van der Waals surface area contributed by atoms with Crippen molar-refractivity contribution >= 4 is 17.2 Å². The van der Waals surface area contributed by atoms with Gasteiger partial charge in [0, 0.05) is 18.9 Å². The molecule has 1 aromatic heterocycles. The summed E-state index contributed by atoms with van der Waals surface area (Å²) < 4.78 is 37.7. The maximum absolute atomic E-state index is 12.6. The highest BCUT2D eigenvalue weighted by Gasteiger charge is 2.30. The molecule has 0 fully saturated rings. The van der Waals surface area contributed by atoms with E-state index in [1.165, 1.54) is 6.07 Å². The summed E-state index contributed by atoms with van der Waals surface area (Å²) >= 11 is 0. The minimum Gasteiger partial charge on any atom is -0.388 e. The zero-order chi connectivity index (χ0) is 18.8. The second kappa shape index (κ2) is 6.82. The quantitative estimate of drug-likeness (QED) is 0.663. The number of nitrogens with zero attached hydrogens (tertiary/aromatic N) is 1. The van der Waals surface area contributed by atoms with Crippen molar-refractivity contribution in [1.29, 1.82) is 0 Å². The van der Waals surface area contributed by atoms with Crippen LogP contribution in [-0.2, 0) is 11.6 Å². The van der Waals surface area contributed by atoms with Crippen LogP contribution in [0, 0.1) is 6.92 Å². The van der Waals surface area contributed by atoms with Crippen molar-refractivity contribution < 1.29 is 13.2 Å². The number of anilines is 3. The molecule has 0 saturated carbocycles. The average molecular weight is 352 g/mol. The van der Waals surface area contributed by atoms with E-state index in [1.807, 2.05) is 26.1 Å². The summed E-state index contributed by atoms with van der Waals surface area (Å²) in [4.78, 5) is 3.79. The van der Waals surface area contributed by atoms with Gasteiger partial charge >= 0.3 is 6.18 Å². The fourth-order valence-corrected chi connectivity index (χ4v) is 2.44. The molecule has 1 aromatic carbocycles. The van der Waals surface area contributed by atoms with Crippen LogP contribution in [0.2, 0.25) is 0 Å². The molecule has 3 N–H and O–H groups in total. The number of pyridine rings is 1. The standard InChI is InChI=1S/C18H23F3N4/c1-11-8-15(22-5)13(17(2,3)4)9-14(11)24-25-16-7-6-12(10-23-16)18(19,20)21/h6-10,22,24H,1-5H3,(H,23,25). The fraction of sp³-hybridized carbons (Fsp3) is 0.389. The summed E-state index contributed by atoms with van der Waals surface area (Å²) in [5, 5.41) is 3.20. The minimum atomic E-state index is -4.39. The molecule has 25 heavy (non-hydrogen) atoms. The Balaban J connectivity index is 2.20. The van der Waals surface area contributed by atoms with Crippen molar-refractivity contribution in [3.63, 3.8) is 0 Å². The Bertz CT molecular complexity index is 732. The molecule has 0 aliphatic heterocycles. The zero-order valence-electron chi connectivity index (χ0n) is 15.0. The maximum atomic E-state index is 12.6. The van der Waals surface area contributed by atoms with Gasteiger partial charge in [0.1, 0.15) is 5.82 Å². The van der Waals surface area contributed by atoms with Gasteiger partial charge in [-0.1, -0.05) is 20.8 Å². The van der Waals surface area contributed by atoms with Crippen LogP contribution in [0.3, 0.4) is 0 Å². The fourth-order valence-electron chi connectivity index (χ4n) is 2.44. The lowest BCUT2D eigenvalue weighted by atomic mass is 9.84. The second-order valence-electron chi connectivity index (χ2n) is 6.89. The molecule has 0 aliphatic rings. The van der Waals surface area contributed by atoms with Crippen molar-refractivity contribution in [3.05, 3.63) is 47.2 Å². The molecule has 0 atom stereocenters. The summed E-state index contributed by atoms with van der Waals surface area (Å²) in [6, 6.07) is 6.34. The van der Waals surface area contributed by atoms with E-state index in [1.54, 1.807) is 0 Å². The number of benzene rings is 1. The zero-order valence-corrected chi connectivity index (χ0v) is 15.0. The Kier molecular flexibility index (Phi) is 5.15. The van der Waals surface area contributed by atoms with Crippen molar-refractivity contribution in [3.8, 4) is 0 Å². The van der Waals surface area contributed by atoms with Gasteiger partial charge in [-0.15, -0.1) is 0 Å². The van der Waals surface area contributed by atoms with E-state index in [0.29, 0.717) is 5.82 Å². The van der Waals surface area contributed by atoms with E-state index < -0.39 is 11.7 Å². The number of alkyl halides is 3. The van der Waals surface area contributed by atoms with Crippen LogP contribution in [0.25, 0.3) is 0 Å². The summed E-state index contributed by atoms with van der Waals surface area (Å²) in [5.41, 5.74) is 9.05. The number of hydrogen-bond donors (Lipinski definition) is 3. The van der Waals surface area contributed by atoms with Gasteiger partial charge in [-0.2, -0.15) is 13.2 Å². The van der Waals surface area contributed by atoms with E-state index in [0.717, 1.165) is 34.8 Å². The lowest BCUT2D eigenvalue weighted by Crippen LogP contribution is -2.17. The summed E-state index contributed by atoms with van der Waals surface area (Å²) in [7, 11) is 1.88. The molecular formula is C18H23F3N4. The van der Waals surface area contributed by atoms with Crippen LogP contribution in [0.5, 0.6) is 0 Å². The third kappa shape index (κ3) is 4.55. The number of halogens is 3. The summed E-state index contributed by atoms with van der Waals surface area (Å²) in [6.45, 7) is 8.31. The van der Waals surface area contributed by atoms with Gasteiger partial charge in [0.2, 0.25) is 0 Å². The van der Waals surface area contributed by atoms with E-state index in [4.69, 9.17) is 0 Å².